The molecule has 0 aromatic heterocycles. The zero-order valence-corrected chi connectivity index (χ0v) is 13.3. The molecule has 1 aliphatic heterocycles. The molecule has 3 atom stereocenters. The number of amides is 1. The molecule has 0 bridgehead atoms. The number of rotatable bonds is 4. The molecule has 1 saturated heterocycles. The molecule has 3 N–H and O–H groups in total. The predicted octanol–water partition coefficient (Wildman–Crippen LogP) is 2.30. The van der Waals surface area contributed by atoms with Gasteiger partial charge in [-0.2, -0.15) is 0 Å². The van der Waals surface area contributed by atoms with Crippen LogP contribution in [0, 0.1) is 0 Å². The van der Waals surface area contributed by atoms with Crippen LogP contribution in [0.1, 0.15) is 32.1 Å². The summed E-state index contributed by atoms with van der Waals surface area (Å²) < 4.78 is 32.0. The maximum atomic E-state index is 13.1. The second-order valence-corrected chi connectivity index (χ2v) is 6.52. The third kappa shape index (κ3) is 4.21. The molecular formula is C17H22F2N2O3. The number of carbonyl (C=O) groups excluding carboxylic acids is 1. The molecule has 2 aliphatic rings. The second-order valence-electron chi connectivity index (χ2n) is 6.52. The van der Waals surface area contributed by atoms with Crippen LogP contribution in [0.25, 0.3) is 0 Å². The molecule has 0 radical (unpaired) electrons. The smallest absolute Gasteiger partial charge is 0.262 e. The number of aliphatic hydroxyl groups excluding tert-OH is 1. The fourth-order valence-electron chi connectivity index (χ4n) is 3.14. The van der Waals surface area contributed by atoms with E-state index in [1.807, 2.05) is 0 Å². The molecule has 7 heteroatoms. The number of hydrogen-bond donors (Lipinski definition) is 3. The maximum absolute atomic E-state index is 13.1. The van der Waals surface area contributed by atoms with Crippen LogP contribution >= 0.6 is 0 Å². The van der Waals surface area contributed by atoms with E-state index < -0.39 is 36.9 Å². The zero-order chi connectivity index (χ0) is 17.2. The third-order valence-corrected chi connectivity index (χ3v) is 4.50. The summed E-state index contributed by atoms with van der Waals surface area (Å²) >= 11 is 0. The van der Waals surface area contributed by atoms with E-state index in [0.29, 0.717) is 11.4 Å². The number of benzene rings is 1. The van der Waals surface area contributed by atoms with Crippen LogP contribution < -0.4 is 15.4 Å². The largest absolute Gasteiger partial charge is 0.488 e. The number of aliphatic hydroxyl groups is 1. The molecule has 0 spiro atoms. The number of nitrogens with one attached hydrogen (secondary N) is 2. The van der Waals surface area contributed by atoms with Gasteiger partial charge in [0.25, 0.3) is 5.92 Å². The lowest BCUT2D eigenvalue weighted by Gasteiger charge is -2.28. The van der Waals surface area contributed by atoms with E-state index in [4.69, 9.17) is 4.74 Å². The summed E-state index contributed by atoms with van der Waals surface area (Å²) in [5.41, 5.74) is 0.522. The fourth-order valence-corrected chi connectivity index (χ4v) is 3.14. The molecule has 3 rings (SSSR count). The van der Waals surface area contributed by atoms with Crippen molar-refractivity contribution >= 4 is 11.6 Å². The van der Waals surface area contributed by atoms with Gasteiger partial charge in [0.2, 0.25) is 5.91 Å². The van der Waals surface area contributed by atoms with Gasteiger partial charge in [-0.15, -0.1) is 0 Å². The van der Waals surface area contributed by atoms with Crippen molar-refractivity contribution in [1.82, 2.24) is 5.32 Å². The van der Waals surface area contributed by atoms with Crippen LogP contribution in [-0.2, 0) is 4.79 Å². The van der Waals surface area contributed by atoms with Gasteiger partial charge < -0.3 is 15.2 Å². The summed E-state index contributed by atoms with van der Waals surface area (Å²) in [5, 5.41) is 15.1. The number of carbonyl (C=O) groups is 1. The molecule has 2 fully saturated rings. The van der Waals surface area contributed by atoms with Gasteiger partial charge in [-0.25, -0.2) is 8.78 Å². The lowest BCUT2D eigenvalue weighted by Crippen LogP contribution is -2.35. The van der Waals surface area contributed by atoms with E-state index in [9.17, 15) is 18.7 Å². The average molecular weight is 340 g/mol. The third-order valence-electron chi connectivity index (χ3n) is 4.50. The predicted molar refractivity (Wildman–Crippen MR) is 85.3 cm³/mol. The van der Waals surface area contributed by atoms with E-state index >= 15 is 0 Å². The van der Waals surface area contributed by atoms with Crippen LogP contribution in [0.2, 0.25) is 0 Å². The second kappa shape index (κ2) is 7.03. The topological polar surface area (TPSA) is 70.6 Å². The number of alkyl halides is 2. The standard InChI is InChI=1S/C17H22F2N2O3/c18-17(19)9-13(20-10-17)16(23)21-11-5-7-12(8-6-11)24-15-4-2-1-3-14(15)22/h5-8,13-15,20,22H,1-4,9-10H2,(H,21,23). The van der Waals surface area contributed by atoms with Crippen molar-refractivity contribution in [2.75, 3.05) is 11.9 Å². The Balaban J connectivity index is 1.54. The highest BCUT2D eigenvalue weighted by Gasteiger charge is 2.42. The minimum atomic E-state index is -2.83. The van der Waals surface area contributed by atoms with Crippen LogP contribution in [0.5, 0.6) is 5.75 Å². The van der Waals surface area contributed by atoms with Crippen LogP contribution in [0.3, 0.4) is 0 Å². The molecule has 1 aliphatic carbocycles. The molecule has 132 valence electrons. The molecule has 5 nitrogen and oxygen atoms in total. The van der Waals surface area contributed by atoms with Crippen molar-refractivity contribution in [3.63, 3.8) is 0 Å². The van der Waals surface area contributed by atoms with Gasteiger partial charge in [-0.1, -0.05) is 6.42 Å². The molecular weight excluding hydrogens is 318 g/mol. The van der Waals surface area contributed by atoms with Crippen molar-refractivity contribution in [2.24, 2.45) is 0 Å². The summed E-state index contributed by atoms with van der Waals surface area (Å²) in [4.78, 5) is 12.0. The van der Waals surface area contributed by atoms with E-state index in [1.165, 1.54) is 0 Å². The van der Waals surface area contributed by atoms with Crippen molar-refractivity contribution in [3.05, 3.63) is 24.3 Å². The van der Waals surface area contributed by atoms with E-state index in [1.54, 1.807) is 24.3 Å². The monoisotopic (exact) mass is 340 g/mol. The molecule has 1 saturated carbocycles. The Kier molecular flexibility index (Phi) is 5.01. The van der Waals surface area contributed by atoms with Crippen molar-refractivity contribution in [1.29, 1.82) is 0 Å². The Morgan fingerprint density at radius 1 is 1.25 bits per heavy atom. The van der Waals surface area contributed by atoms with Gasteiger partial charge in [-0.3, -0.25) is 10.1 Å². The van der Waals surface area contributed by atoms with Crippen molar-refractivity contribution in [2.45, 2.75) is 56.3 Å². The molecule has 1 heterocycles. The molecule has 24 heavy (non-hydrogen) atoms. The SMILES string of the molecule is O=C(Nc1ccc(OC2CCCCC2O)cc1)C1CC(F)(F)CN1. The minimum Gasteiger partial charge on any atom is -0.488 e. The number of halogens is 2. The minimum absolute atomic E-state index is 0.205. The Morgan fingerprint density at radius 2 is 1.96 bits per heavy atom. The van der Waals surface area contributed by atoms with Gasteiger partial charge >= 0.3 is 0 Å². The zero-order valence-electron chi connectivity index (χ0n) is 13.3. The molecule has 1 amide bonds. The van der Waals surface area contributed by atoms with Crippen LogP contribution in [0.4, 0.5) is 14.5 Å². The van der Waals surface area contributed by atoms with Gasteiger partial charge in [0, 0.05) is 12.1 Å². The Hall–Kier alpha value is -1.73. The normalized spacial score (nSPS) is 29.2. The maximum Gasteiger partial charge on any atom is 0.262 e. The summed E-state index contributed by atoms with van der Waals surface area (Å²) in [6.07, 6.45) is 2.48. The van der Waals surface area contributed by atoms with Crippen molar-refractivity contribution in [3.8, 4) is 5.75 Å². The molecule has 1 aromatic rings. The Labute approximate surface area is 139 Å². The van der Waals surface area contributed by atoms with Crippen LogP contribution in [-0.4, -0.2) is 41.7 Å². The van der Waals surface area contributed by atoms with Crippen molar-refractivity contribution < 1.29 is 23.4 Å². The van der Waals surface area contributed by atoms with Gasteiger partial charge in [0.1, 0.15) is 11.9 Å². The summed E-state index contributed by atoms with van der Waals surface area (Å²) in [7, 11) is 0. The molecule has 1 aromatic carbocycles. The van der Waals surface area contributed by atoms with Gasteiger partial charge in [-0.05, 0) is 43.5 Å². The average Bonchev–Trinajstić information content (AvgIpc) is 2.92. The number of anilines is 1. The summed E-state index contributed by atoms with van der Waals surface area (Å²) in [6, 6.07) is 5.85. The first-order chi connectivity index (χ1) is 11.4. The Morgan fingerprint density at radius 3 is 2.58 bits per heavy atom. The number of ether oxygens (including phenoxy) is 1. The Bertz CT molecular complexity index is 580. The lowest BCUT2D eigenvalue weighted by molar-refractivity contribution is -0.118. The lowest BCUT2D eigenvalue weighted by atomic mass is 9.95. The first kappa shape index (κ1) is 17.1. The van der Waals surface area contributed by atoms with E-state index in [-0.39, 0.29) is 6.10 Å². The summed E-state index contributed by atoms with van der Waals surface area (Å²) in [6.45, 7) is -0.471. The molecule has 3 unspecified atom stereocenters. The van der Waals surface area contributed by atoms with E-state index in [2.05, 4.69) is 10.6 Å². The number of hydrogen-bond acceptors (Lipinski definition) is 4. The highest BCUT2D eigenvalue weighted by Crippen LogP contribution is 2.27. The highest BCUT2D eigenvalue weighted by molar-refractivity contribution is 5.95. The van der Waals surface area contributed by atoms with Crippen LogP contribution in [0.15, 0.2) is 24.3 Å². The van der Waals surface area contributed by atoms with Gasteiger partial charge in [0.15, 0.2) is 0 Å². The first-order valence-corrected chi connectivity index (χ1v) is 8.30. The van der Waals surface area contributed by atoms with E-state index in [0.717, 1.165) is 25.7 Å². The van der Waals surface area contributed by atoms with Gasteiger partial charge in [0.05, 0.1) is 18.7 Å². The quantitative estimate of drug-likeness (QED) is 0.787. The summed E-state index contributed by atoms with van der Waals surface area (Å²) in [5.74, 6) is -2.69. The first-order valence-electron chi connectivity index (χ1n) is 8.30. The fraction of sp³-hybridized carbons (Fsp3) is 0.588. The highest BCUT2D eigenvalue weighted by atomic mass is 19.3.